The molecule has 0 saturated carbocycles. The third-order valence-electron chi connectivity index (χ3n) is 5.97. The van der Waals surface area contributed by atoms with Crippen LogP contribution in [0.2, 0.25) is 0 Å². The van der Waals surface area contributed by atoms with Gasteiger partial charge in [-0.3, -0.25) is 0 Å². The highest BCUT2D eigenvalue weighted by atomic mass is 32.2. The third kappa shape index (κ3) is 5.12. The fourth-order valence-corrected chi connectivity index (χ4v) is 6.08. The predicted molar refractivity (Wildman–Crippen MR) is 114 cm³/mol. The molecule has 0 amide bonds. The Morgan fingerprint density at radius 1 is 0.943 bits per heavy atom. The van der Waals surface area contributed by atoms with Gasteiger partial charge in [-0.2, -0.15) is 30.6 Å². The van der Waals surface area contributed by atoms with Crippen LogP contribution in [0.3, 0.4) is 0 Å². The van der Waals surface area contributed by atoms with Crippen molar-refractivity contribution in [2.45, 2.75) is 55.7 Å². The molecule has 2 aromatic rings. The minimum absolute atomic E-state index is 0.182. The van der Waals surface area contributed by atoms with E-state index in [-0.39, 0.29) is 18.8 Å². The molecule has 1 saturated heterocycles. The molecule has 0 radical (unpaired) electrons. The lowest BCUT2D eigenvalue weighted by molar-refractivity contribution is -0.258. The average Bonchev–Trinajstić information content (AvgIpc) is 2.71. The topological polar surface area (TPSA) is 60.9 Å². The normalized spacial score (nSPS) is 22.2. The molecule has 0 aliphatic carbocycles. The number of alkyl halides is 6. The molecule has 1 N–H and O–H groups in total. The lowest BCUT2D eigenvalue weighted by Gasteiger charge is -2.45. The first-order chi connectivity index (χ1) is 15.9. The largest absolute Gasteiger partial charge is 0.421 e. The van der Waals surface area contributed by atoms with E-state index in [4.69, 9.17) is 0 Å². The third-order valence-corrected chi connectivity index (χ3v) is 8.09. The first-order valence-electron chi connectivity index (χ1n) is 10.4. The summed E-state index contributed by atoms with van der Waals surface area (Å²) in [6, 6.07) is 4.28. The molecule has 1 unspecified atom stereocenters. The molecule has 1 aliphatic heterocycles. The Morgan fingerprint density at radius 2 is 1.51 bits per heavy atom. The number of hydrogen-bond acceptors (Lipinski definition) is 4. The Balaban J connectivity index is 1.95. The Kier molecular flexibility index (Phi) is 6.94. The molecular weight excluding hydrogens is 505 g/mol. The van der Waals surface area contributed by atoms with Crippen LogP contribution in [0.1, 0.15) is 31.9 Å². The molecular formula is C22H23F7N2O3S. The maximum Gasteiger partial charge on any atom is 0.421 e. The Labute approximate surface area is 197 Å². The number of anilines is 1. The van der Waals surface area contributed by atoms with Crippen LogP contribution in [0.5, 0.6) is 0 Å². The SMILES string of the molecule is C[C@@H]1CN(c2ccc(F)cc2C(F)(F)F)C[C@H](C)N1S(=O)(=O)c1cccc(C(C)(O)C(F)(F)F)c1. The van der Waals surface area contributed by atoms with E-state index in [1.807, 2.05) is 0 Å². The molecule has 3 atom stereocenters. The van der Waals surface area contributed by atoms with Gasteiger partial charge in [-0.05, 0) is 56.7 Å². The fraction of sp³-hybridized carbons (Fsp3) is 0.455. The number of piperazine rings is 1. The standard InChI is InChI=1S/C22H23F7N2O3S/c1-13-11-30(19-8-7-16(23)10-18(19)21(24,25)26)12-14(2)31(13)35(33,34)17-6-4-5-15(9-17)20(3,32)22(27,28)29/h4-10,13-14,32H,11-12H2,1-3H3/t13-,14+,20?. The molecule has 1 fully saturated rings. The average molecular weight is 528 g/mol. The second-order valence-electron chi connectivity index (χ2n) is 8.70. The van der Waals surface area contributed by atoms with E-state index in [0.29, 0.717) is 13.0 Å². The van der Waals surface area contributed by atoms with Crippen molar-refractivity contribution in [3.8, 4) is 0 Å². The highest BCUT2D eigenvalue weighted by Crippen LogP contribution is 2.41. The van der Waals surface area contributed by atoms with E-state index in [9.17, 15) is 44.3 Å². The summed E-state index contributed by atoms with van der Waals surface area (Å²) in [6.07, 6.45) is -9.91. The molecule has 194 valence electrons. The van der Waals surface area contributed by atoms with Crippen LogP contribution < -0.4 is 4.90 Å². The van der Waals surface area contributed by atoms with Crippen LogP contribution in [-0.4, -0.2) is 49.2 Å². The van der Waals surface area contributed by atoms with Crippen molar-refractivity contribution < 1.29 is 44.3 Å². The van der Waals surface area contributed by atoms with Gasteiger partial charge in [0.15, 0.2) is 5.60 Å². The van der Waals surface area contributed by atoms with E-state index in [0.717, 1.165) is 40.7 Å². The number of rotatable bonds is 4. The van der Waals surface area contributed by atoms with Crippen molar-refractivity contribution in [3.05, 3.63) is 59.4 Å². The molecule has 35 heavy (non-hydrogen) atoms. The maximum absolute atomic E-state index is 13.5. The summed E-state index contributed by atoms with van der Waals surface area (Å²) in [5.41, 5.74) is -5.48. The highest BCUT2D eigenvalue weighted by molar-refractivity contribution is 7.89. The lowest BCUT2D eigenvalue weighted by atomic mass is 9.96. The number of sulfonamides is 1. The fourth-order valence-electron chi connectivity index (χ4n) is 4.23. The van der Waals surface area contributed by atoms with Gasteiger partial charge in [0, 0.05) is 30.9 Å². The summed E-state index contributed by atoms with van der Waals surface area (Å²) in [5.74, 6) is -1.07. The Bertz CT molecular complexity index is 1180. The maximum atomic E-state index is 13.5. The van der Waals surface area contributed by atoms with E-state index in [1.165, 1.54) is 18.7 Å². The number of nitrogens with zero attached hydrogens (tertiary/aromatic N) is 2. The second kappa shape index (κ2) is 8.93. The first-order valence-corrected chi connectivity index (χ1v) is 11.9. The molecule has 0 spiro atoms. The van der Waals surface area contributed by atoms with Crippen LogP contribution >= 0.6 is 0 Å². The van der Waals surface area contributed by atoms with Crippen molar-refractivity contribution in [1.82, 2.24) is 4.31 Å². The second-order valence-corrected chi connectivity index (χ2v) is 10.5. The number of benzene rings is 2. The van der Waals surface area contributed by atoms with Gasteiger partial charge in [-0.25, -0.2) is 12.8 Å². The first kappa shape index (κ1) is 27.2. The van der Waals surface area contributed by atoms with Gasteiger partial charge in [-0.15, -0.1) is 0 Å². The van der Waals surface area contributed by atoms with Crippen molar-refractivity contribution in [3.63, 3.8) is 0 Å². The van der Waals surface area contributed by atoms with E-state index >= 15 is 0 Å². The summed E-state index contributed by atoms with van der Waals surface area (Å²) in [5, 5.41) is 9.94. The zero-order valence-corrected chi connectivity index (χ0v) is 19.6. The van der Waals surface area contributed by atoms with Gasteiger partial charge in [0.05, 0.1) is 10.5 Å². The van der Waals surface area contributed by atoms with Gasteiger partial charge in [0.2, 0.25) is 10.0 Å². The lowest BCUT2D eigenvalue weighted by Crippen LogP contribution is -2.58. The number of aliphatic hydroxyl groups is 1. The van der Waals surface area contributed by atoms with Gasteiger partial charge in [-0.1, -0.05) is 12.1 Å². The summed E-state index contributed by atoms with van der Waals surface area (Å²) < 4.78 is 121. The van der Waals surface area contributed by atoms with E-state index < -0.39 is 61.9 Å². The summed E-state index contributed by atoms with van der Waals surface area (Å²) in [6.45, 7) is 3.04. The smallest absolute Gasteiger partial charge is 0.376 e. The Morgan fingerprint density at radius 3 is 2.03 bits per heavy atom. The van der Waals surface area contributed by atoms with Crippen molar-refractivity contribution in [1.29, 1.82) is 0 Å². The van der Waals surface area contributed by atoms with E-state index in [1.54, 1.807) is 0 Å². The number of hydrogen-bond donors (Lipinski definition) is 1. The van der Waals surface area contributed by atoms with Crippen molar-refractivity contribution >= 4 is 15.7 Å². The molecule has 0 bridgehead atoms. The van der Waals surface area contributed by atoms with Crippen LogP contribution in [0, 0.1) is 5.82 Å². The van der Waals surface area contributed by atoms with Gasteiger partial charge >= 0.3 is 12.4 Å². The van der Waals surface area contributed by atoms with Crippen molar-refractivity contribution in [2.24, 2.45) is 0 Å². The summed E-state index contributed by atoms with van der Waals surface area (Å²) in [7, 11) is -4.39. The molecule has 1 aliphatic rings. The minimum atomic E-state index is -5.06. The molecule has 0 aromatic heterocycles. The van der Waals surface area contributed by atoms with E-state index in [2.05, 4.69) is 0 Å². The molecule has 13 heteroatoms. The zero-order valence-electron chi connectivity index (χ0n) is 18.8. The van der Waals surface area contributed by atoms with Gasteiger partial charge in [0.1, 0.15) is 5.82 Å². The predicted octanol–water partition coefficient (Wildman–Crippen LogP) is 4.90. The van der Waals surface area contributed by atoms with Crippen LogP contribution in [-0.2, 0) is 21.8 Å². The van der Waals surface area contributed by atoms with Crippen molar-refractivity contribution in [2.75, 3.05) is 18.0 Å². The number of halogens is 7. The van der Waals surface area contributed by atoms with Crippen LogP contribution in [0.15, 0.2) is 47.4 Å². The van der Waals surface area contributed by atoms with Crippen LogP contribution in [0.4, 0.5) is 36.4 Å². The molecule has 1 heterocycles. The quantitative estimate of drug-likeness (QED) is 0.574. The molecule has 2 aromatic carbocycles. The molecule has 3 rings (SSSR count). The monoisotopic (exact) mass is 528 g/mol. The summed E-state index contributed by atoms with van der Waals surface area (Å²) >= 11 is 0. The summed E-state index contributed by atoms with van der Waals surface area (Å²) in [4.78, 5) is 0.804. The van der Waals surface area contributed by atoms with Gasteiger partial charge < -0.3 is 10.0 Å². The van der Waals surface area contributed by atoms with Crippen LogP contribution in [0.25, 0.3) is 0 Å². The highest BCUT2D eigenvalue weighted by Gasteiger charge is 2.51. The minimum Gasteiger partial charge on any atom is -0.376 e. The molecule has 5 nitrogen and oxygen atoms in total. The van der Waals surface area contributed by atoms with Gasteiger partial charge in [0.25, 0.3) is 0 Å². The zero-order chi connectivity index (χ0) is 26.6. The Hall–Kier alpha value is -2.38.